The van der Waals surface area contributed by atoms with Crippen LogP contribution in [-0.4, -0.2) is 11.1 Å². The second kappa shape index (κ2) is 5.31. The summed E-state index contributed by atoms with van der Waals surface area (Å²) in [6, 6.07) is 9.97. The van der Waals surface area contributed by atoms with Crippen LogP contribution in [0.25, 0.3) is 0 Å². The zero-order valence-electron chi connectivity index (χ0n) is 10.1. The Morgan fingerprint density at radius 1 is 1.32 bits per heavy atom. The third kappa shape index (κ3) is 2.59. The molecule has 0 aliphatic carbocycles. The molecule has 3 rings (SSSR count). The molecule has 2 N–H and O–H groups in total. The zero-order valence-corrected chi connectivity index (χ0v) is 13.2. The fourth-order valence-electron chi connectivity index (χ4n) is 2.41. The van der Waals surface area contributed by atoms with E-state index in [0.29, 0.717) is 10.4 Å². The standard InChI is InChI=1S/C14H13Br2NO2/c15-9-7-12(19-14(9)16)13(18)11-6-5-8-3-1-2-4-10(8)17-11/h1-4,7,11,13,17-18H,5-6H2. The normalized spacial score (nSPS) is 19.6. The molecule has 0 saturated heterocycles. The zero-order chi connectivity index (χ0) is 13.4. The highest BCUT2D eigenvalue weighted by Gasteiger charge is 2.28. The molecule has 1 aliphatic rings. The highest BCUT2D eigenvalue weighted by atomic mass is 79.9. The molecule has 19 heavy (non-hydrogen) atoms. The number of aryl methyl sites for hydroxylation is 1. The maximum absolute atomic E-state index is 10.4. The van der Waals surface area contributed by atoms with Gasteiger partial charge >= 0.3 is 0 Å². The van der Waals surface area contributed by atoms with Crippen molar-refractivity contribution in [3.05, 3.63) is 50.8 Å². The van der Waals surface area contributed by atoms with Gasteiger partial charge in [-0.05, 0) is 62.4 Å². The molecule has 2 atom stereocenters. The van der Waals surface area contributed by atoms with Crippen molar-refractivity contribution >= 4 is 37.5 Å². The van der Waals surface area contributed by atoms with Crippen LogP contribution in [0.4, 0.5) is 5.69 Å². The molecule has 0 bridgehead atoms. The Morgan fingerprint density at radius 3 is 2.84 bits per heavy atom. The first-order chi connectivity index (χ1) is 9.15. The van der Waals surface area contributed by atoms with Gasteiger partial charge in [0, 0.05) is 5.69 Å². The van der Waals surface area contributed by atoms with Crippen LogP contribution < -0.4 is 5.32 Å². The summed E-state index contributed by atoms with van der Waals surface area (Å²) < 4.78 is 6.92. The number of aliphatic hydroxyl groups excluding tert-OH is 1. The molecule has 1 aromatic carbocycles. The van der Waals surface area contributed by atoms with Crippen molar-refractivity contribution in [2.24, 2.45) is 0 Å². The van der Waals surface area contributed by atoms with E-state index in [-0.39, 0.29) is 6.04 Å². The van der Waals surface area contributed by atoms with Crippen LogP contribution in [0.3, 0.4) is 0 Å². The van der Waals surface area contributed by atoms with Gasteiger partial charge in [0.05, 0.1) is 10.5 Å². The predicted octanol–water partition coefficient (Wildman–Crippen LogP) is 4.26. The lowest BCUT2D eigenvalue weighted by Crippen LogP contribution is -2.31. The number of benzene rings is 1. The number of hydrogen-bond acceptors (Lipinski definition) is 3. The molecular formula is C14H13Br2NO2. The van der Waals surface area contributed by atoms with Crippen molar-refractivity contribution in [3.63, 3.8) is 0 Å². The molecule has 0 amide bonds. The summed E-state index contributed by atoms with van der Waals surface area (Å²) in [5.41, 5.74) is 2.40. The van der Waals surface area contributed by atoms with Crippen molar-refractivity contribution < 1.29 is 9.52 Å². The molecule has 2 unspecified atom stereocenters. The Kier molecular flexibility index (Phi) is 3.69. The van der Waals surface area contributed by atoms with Gasteiger partial charge < -0.3 is 14.8 Å². The highest BCUT2D eigenvalue weighted by Crippen LogP contribution is 2.35. The molecule has 3 nitrogen and oxygen atoms in total. The summed E-state index contributed by atoms with van der Waals surface area (Å²) in [6.07, 6.45) is 1.19. The molecule has 0 radical (unpaired) electrons. The lowest BCUT2D eigenvalue weighted by molar-refractivity contribution is 0.122. The van der Waals surface area contributed by atoms with Gasteiger partial charge in [0.15, 0.2) is 4.67 Å². The van der Waals surface area contributed by atoms with Gasteiger partial charge in [-0.3, -0.25) is 0 Å². The highest BCUT2D eigenvalue weighted by molar-refractivity contribution is 9.13. The van der Waals surface area contributed by atoms with Gasteiger partial charge in [-0.15, -0.1) is 0 Å². The maximum Gasteiger partial charge on any atom is 0.183 e. The fraction of sp³-hybridized carbons (Fsp3) is 0.286. The number of nitrogens with one attached hydrogen (secondary N) is 1. The van der Waals surface area contributed by atoms with E-state index in [1.165, 1.54) is 5.56 Å². The quantitative estimate of drug-likeness (QED) is 0.810. The van der Waals surface area contributed by atoms with Gasteiger partial charge in [0.1, 0.15) is 11.9 Å². The lowest BCUT2D eigenvalue weighted by atomic mass is 9.94. The van der Waals surface area contributed by atoms with Crippen molar-refractivity contribution in [3.8, 4) is 0 Å². The average molecular weight is 387 g/mol. The molecule has 0 spiro atoms. The number of fused-ring (bicyclic) bond motifs is 1. The second-order valence-corrected chi connectivity index (χ2v) is 6.24. The first-order valence-electron chi connectivity index (χ1n) is 6.12. The van der Waals surface area contributed by atoms with Gasteiger partial charge in [0.2, 0.25) is 0 Å². The largest absolute Gasteiger partial charge is 0.450 e. The monoisotopic (exact) mass is 385 g/mol. The predicted molar refractivity (Wildman–Crippen MR) is 81.2 cm³/mol. The molecule has 1 aromatic heterocycles. The number of para-hydroxylation sites is 1. The minimum atomic E-state index is -0.657. The van der Waals surface area contributed by atoms with E-state index in [1.54, 1.807) is 6.07 Å². The number of rotatable bonds is 2. The Labute approximate surface area is 128 Å². The van der Waals surface area contributed by atoms with E-state index in [9.17, 15) is 5.11 Å². The third-order valence-electron chi connectivity index (χ3n) is 3.42. The smallest absolute Gasteiger partial charge is 0.183 e. The summed E-state index contributed by atoms with van der Waals surface area (Å²) >= 11 is 6.65. The van der Waals surface area contributed by atoms with E-state index >= 15 is 0 Å². The minimum absolute atomic E-state index is 0.0279. The fourth-order valence-corrected chi connectivity index (χ4v) is 3.01. The number of hydrogen-bond donors (Lipinski definition) is 2. The number of aliphatic hydroxyl groups is 1. The second-order valence-electron chi connectivity index (χ2n) is 4.66. The molecular weight excluding hydrogens is 374 g/mol. The first kappa shape index (κ1) is 13.2. The lowest BCUT2D eigenvalue weighted by Gasteiger charge is -2.29. The summed E-state index contributed by atoms with van der Waals surface area (Å²) in [6.45, 7) is 0. The molecule has 0 saturated carbocycles. The number of furan rings is 1. The molecule has 100 valence electrons. The average Bonchev–Trinajstić information content (AvgIpc) is 2.77. The van der Waals surface area contributed by atoms with Crippen LogP contribution in [0.1, 0.15) is 23.8 Å². The van der Waals surface area contributed by atoms with Crippen LogP contribution >= 0.6 is 31.9 Å². The van der Waals surface area contributed by atoms with Crippen LogP contribution in [0.15, 0.2) is 43.9 Å². The maximum atomic E-state index is 10.4. The van der Waals surface area contributed by atoms with Gasteiger partial charge in [-0.1, -0.05) is 18.2 Å². The van der Waals surface area contributed by atoms with E-state index in [1.807, 2.05) is 18.2 Å². The van der Waals surface area contributed by atoms with Crippen LogP contribution in [0.5, 0.6) is 0 Å². The summed E-state index contributed by atoms with van der Waals surface area (Å²) in [5, 5.41) is 13.8. The Hall–Kier alpha value is -0.780. The van der Waals surface area contributed by atoms with E-state index in [2.05, 4.69) is 43.2 Å². The van der Waals surface area contributed by atoms with Crippen LogP contribution in [-0.2, 0) is 6.42 Å². The topological polar surface area (TPSA) is 45.4 Å². The van der Waals surface area contributed by atoms with Crippen molar-refractivity contribution in [2.75, 3.05) is 5.32 Å². The van der Waals surface area contributed by atoms with Gasteiger partial charge in [0.25, 0.3) is 0 Å². The van der Waals surface area contributed by atoms with Crippen molar-refractivity contribution in [1.29, 1.82) is 0 Å². The number of anilines is 1. The summed E-state index contributed by atoms with van der Waals surface area (Å²) in [4.78, 5) is 0. The summed E-state index contributed by atoms with van der Waals surface area (Å²) in [5.74, 6) is 0.565. The molecule has 1 aliphatic heterocycles. The molecule has 2 aromatic rings. The van der Waals surface area contributed by atoms with E-state index < -0.39 is 6.10 Å². The molecule has 2 heterocycles. The summed E-state index contributed by atoms with van der Waals surface area (Å²) in [7, 11) is 0. The molecule has 0 fully saturated rings. The Bertz CT molecular complexity index is 577. The van der Waals surface area contributed by atoms with E-state index in [4.69, 9.17) is 4.42 Å². The SMILES string of the molecule is OC(c1cc(Br)c(Br)o1)C1CCc2ccccc2N1. The van der Waals surface area contributed by atoms with Crippen molar-refractivity contribution in [2.45, 2.75) is 25.0 Å². The Balaban J connectivity index is 1.81. The van der Waals surface area contributed by atoms with E-state index in [0.717, 1.165) is 23.0 Å². The number of halogens is 2. The first-order valence-corrected chi connectivity index (χ1v) is 7.71. The third-order valence-corrected chi connectivity index (χ3v) is 5.13. The minimum Gasteiger partial charge on any atom is -0.450 e. The van der Waals surface area contributed by atoms with Crippen LogP contribution in [0, 0.1) is 0 Å². The van der Waals surface area contributed by atoms with Gasteiger partial charge in [-0.25, -0.2) is 0 Å². The van der Waals surface area contributed by atoms with Crippen LogP contribution in [0.2, 0.25) is 0 Å². The van der Waals surface area contributed by atoms with Gasteiger partial charge in [-0.2, -0.15) is 0 Å². The van der Waals surface area contributed by atoms with Crippen molar-refractivity contribution in [1.82, 2.24) is 0 Å². The molecule has 5 heteroatoms. The Morgan fingerprint density at radius 2 is 2.11 bits per heavy atom.